The number of carbonyl (C=O) groups excluding carboxylic acids is 2. The highest BCUT2D eigenvalue weighted by Gasteiger charge is 2.33. The lowest BCUT2D eigenvalue weighted by molar-refractivity contribution is -0.126. The zero-order chi connectivity index (χ0) is 33.9. The molecule has 0 aliphatic heterocycles. The normalized spacial score (nSPS) is 18.1. The van der Waals surface area contributed by atoms with E-state index in [1.54, 1.807) is 23.9 Å². The van der Waals surface area contributed by atoms with Gasteiger partial charge in [-0.15, -0.1) is 0 Å². The second-order valence-corrected chi connectivity index (χ2v) is 17.5. The average molecular weight is 662 g/mol. The molecule has 0 aromatic carbocycles. The molecule has 2 aromatic heterocycles. The first kappa shape index (κ1) is 37.2. The molecule has 46 heavy (non-hydrogen) atoms. The van der Waals surface area contributed by atoms with Gasteiger partial charge < -0.3 is 30.8 Å². The lowest BCUT2D eigenvalue weighted by Crippen LogP contribution is -2.51. The summed E-state index contributed by atoms with van der Waals surface area (Å²) < 4.78 is 28.2. The molecule has 256 valence electrons. The zero-order valence-corrected chi connectivity index (χ0v) is 29.2. The van der Waals surface area contributed by atoms with Gasteiger partial charge in [0.1, 0.15) is 24.3 Å². The van der Waals surface area contributed by atoms with Gasteiger partial charge in [0.15, 0.2) is 0 Å². The number of amides is 2. The minimum atomic E-state index is -0.859. The van der Waals surface area contributed by atoms with Crippen molar-refractivity contribution in [1.29, 1.82) is 5.41 Å². The van der Waals surface area contributed by atoms with Crippen molar-refractivity contribution in [3.8, 4) is 11.1 Å². The van der Waals surface area contributed by atoms with Gasteiger partial charge in [-0.05, 0) is 81.9 Å². The van der Waals surface area contributed by atoms with Crippen LogP contribution in [0.5, 0.6) is 0 Å². The largest absolute Gasteiger partial charge is 0.385 e. The Kier molecular flexibility index (Phi) is 14.2. The van der Waals surface area contributed by atoms with E-state index < -0.39 is 33.8 Å². The van der Waals surface area contributed by atoms with Gasteiger partial charge in [0.2, 0.25) is 11.9 Å². The van der Waals surface area contributed by atoms with E-state index in [1.165, 1.54) is 6.08 Å². The van der Waals surface area contributed by atoms with Crippen LogP contribution in [0, 0.1) is 37.0 Å². The summed E-state index contributed by atoms with van der Waals surface area (Å²) in [6.07, 6.45) is 13.2. The van der Waals surface area contributed by atoms with Crippen molar-refractivity contribution in [1.82, 2.24) is 25.4 Å². The summed E-state index contributed by atoms with van der Waals surface area (Å²) >= 11 is 0. The molecule has 0 saturated heterocycles. The van der Waals surface area contributed by atoms with Crippen molar-refractivity contribution >= 4 is 33.9 Å². The molecular formula is C33H52FN7O4S. The second-order valence-electron chi connectivity index (χ2n) is 12.9. The number of aromatic nitrogens is 3. The molecule has 1 aliphatic rings. The number of aryl methyl sites for hydroxylation is 1. The Hall–Kier alpha value is -3.29. The minimum absolute atomic E-state index is 0.0540. The number of nitrogens with zero attached hydrogens (tertiary/aromatic N) is 3. The highest BCUT2D eigenvalue weighted by Crippen LogP contribution is 2.34. The van der Waals surface area contributed by atoms with E-state index in [-0.39, 0.29) is 29.7 Å². The van der Waals surface area contributed by atoms with Crippen molar-refractivity contribution < 1.29 is 23.5 Å². The topological polar surface area (TPSA) is 143 Å². The van der Waals surface area contributed by atoms with E-state index in [9.17, 15) is 9.59 Å². The number of nitrogens with one attached hydrogen (secondary N) is 4. The number of ether oxygens (including phenoxy) is 2. The predicted molar refractivity (Wildman–Crippen MR) is 184 cm³/mol. The third-order valence-corrected chi connectivity index (χ3v) is 9.63. The highest BCUT2D eigenvalue weighted by molar-refractivity contribution is 8.32. The van der Waals surface area contributed by atoms with E-state index >= 15 is 4.39 Å². The maximum Gasteiger partial charge on any atom is 0.268 e. The van der Waals surface area contributed by atoms with Gasteiger partial charge >= 0.3 is 0 Å². The molecule has 11 nitrogen and oxygen atoms in total. The summed E-state index contributed by atoms with van der Waals surface area (Å²) in [5, 5.41) is 20.7. The maximum atomic E-state index is 15.5. The first-order valence-electron chi connectivity index (χ1n) is 15.8. The standard InChI is InChI=1S/C33H52FN7O4S/c1-22-9-11-25(12-10-22)30(39-32(42)27(15-16-35)36-17-8-18-44-4)33(43)38-28-14-13-26(31(34)37-28)29-23(2)40-41(24(29)3)21-45-19-20-46(5,6)7/h13-16,22,25,30,35-36H,8-12,17-21H2,1-7H3,(H,39,42)(H,37,38,43)/b27-15-,35-16?/t22-,25-,30-/m0/s1. The molecule has 0 unspecified atom stereocenters. The van der Waals surface area contributed by atoms with E-state index in [2.05, 4.69) is 51.7 Å². The first-order valence-corrected chi connectivity index (χ1v) is 18.9. The summed E-state index contributed by atoms with van der Waals surface area (Å²) in [5.74, 6) is -0.189. The van der Waals surface area contributed by atoms with Crippen molar-refractivity contribution in [2.24, 2.45) is 11.8 Å². The smallest absolute Gasteiger partial charge is 0.268 e. The molecule has 2 amide bonds. The van der Waals surface area contributed by atoms with E-state index in [4.69, 9.17) is 14.9 Å². The van der Waals surface area contributed by atoms with Gasteiger partial charge in [-0.25, -0.2) is 19.7 Å². The third-order valence-electron chi connectivity index (χ3n) is 8.24. The SMILES string of the molecule is COCCCN/C(=C\C=N)C(=O)N[C@H](C(=O)Nc1ccc(-c2c(C)nn(COCCS(C)(C)C)c2C)c(F)n1)[C@H]1CC[C@H](C)CC1. The molecule has 13 heteroatoms. The molecule has 2 heterocycles. The Labute approximate surface area is 274 Å². The number of methoxy groups -OCH3 is 1. The Balaban J connectivity index is 1.76. The minimum Gasteiger partial charge on any atom is -0.385 e. The number of allylic oxidation sites excluding steroid dienone is 1. The second kappa shape index (κ2) is 17.6. The Morgan fingerprint density at radius 1 is 1.17 bits per heavy atom. The molecule has 2 aromatic rings. The van der Waals surface area contributed by atoms with Gasteiger partial charge in [-0.3, -0.25) is 9.59 Å². The van der Waals surface area contributed by atoms with Crippen molar-refractivity contribution in [3.63, 3.8) is 0 Å². The number of halogens is 1. The van der Waals surface area contributed by atoms with E-state index in [0.29, 0.717) is 43.4 Å². The number of carbonyl (C=O) groups is 2. The molecule has 1 saturated carbocycles. The third kappa shape index (κ3) is 10.9. The van der Waals surface area contributed by atoms with E-state index in [0.717, 1.165) is 43.3 Å². The highest BCUT2D eigenvalue weighted by atomic mass is 32.3. The van der Waals surface area contributed by atoms with Crippen LogP contribution in [0.1, 0.15) is 50.4 Å². The van der Waals surface area contributed by atoms with Crippen molar-refractivity contribution in [2.75, 3.05) is 56.7 Å². The average Bonchev–Trinajstić information content (AvgIpc) is 3.27. The van der Waals surface area contributed by atoms with Crippen LogP contribution >= 0.6 is 10.0 Å². The van der Waals surface area contributed by atoms with Gasteiger partial charge in [0.25, 0.3) is 5.91 Å². The van der Waals surface area contributed by atoms with Crippen LogP contribution in [0.25, 0.3) is 11.1 Å². The van der Waals surface area contributed by atoms with Crippen LogP contribution in [0.4, 0.5) is 10.2 Å². The molecule has 0 spiro atoms. The molecule has 1 fully saturated rings. The number of anilines is 1. The Morgan fingerprint density at radius 2 is 1.89 bits per heavy atom. The fourth-order valence-electron chi connectivity index (χ4n) is 5.54. The fraction of sp³-hybridized carbons (Fsp3) is 0.606. The number of hydrogen-bond acceptors (Lipinski definition) is 8. The van der Waals surface area contributed by atoms with Gasteiger partial charge in [-0.2, -0.15) is 9.49 Å². The van der Waals surface area contributed by atoms with Crippen LogP contribution in [-0.4, -0.2) is 90.2 Å². The summed E-state index contributed by atoms with van der Waals surface area (Å²) in [7, 11) is 0.938. The molecule has 0 radical (unpaired) electrons. The number of hydrogen-bond donors (Lipinski definition) is 4. The van der Waals surface area contributed by atoms with Gasteiger partial charge in [0, 0.05) is 49.0 Å². The molecule has 4 N–H and O–H groups in total. The molecule has 1 aliphatic carbocycles. The predicted octanol–water partition coefficient (Wildman–Crippen LogP) is 4.78. The first-order chi connectivity index (χ1) is 21.8. The maximum absolute atomic E-state index is 15.5. The van der Waals surface area contributed by atoms with Crippen LogP contribution < -0.4 is 16.0 Å². The summed E-state index contributed by atoms with van der Waals surface area (Å²) in [5.41, 5.74) is 2.52. The number of pyridine rings is 1. The lowest BCUT2D eigenvalue weighted by Gasteiger charge is -2.32. The molecule has 3 rings (SSSR count). The molecule has 1 atom stereocenters. The van der Waals surface area contributed by atoms with Gasteiger partial charge in [0.05, 0.1) is 12.3 Å². The Bertz CT molecular complexity index is 1370. The lowest BCUT2D eigenvalue weighted by atomic mass is 9.79. The Morgan fingerprint density at radius 3 is 2.52 bits per heavy atom. The van der Waals surface area contributed by atoms with Crippen LogP contribution in [0.2, 0.25) is 0 Å². The molecular weight excluding hydrogens is 609 g/mol. The van der Waals surface area contributed by atoms with E-state index in [1.807, 2.05) is 13.8 Å². The van der Waals surface area contributed by atoms with Crippen LogP contribution in [-0.2, 0) is 25.8 Å². The number of rotatable bonds is 17. The summed E-state index contributed by atoms with van der Waals surface area (Å²) in [6, 6.07) is 2.30. The monoisotopic (exact) mass is 661 g/mol. The fourth-order valence-corrected chi connectivity index (χ4v) is 6.16. The van der Waals surface area contributed by atoms with Crippen LogP contribution in [0.3, 0.4) is 0 Å². The van der Waals surface area contributed by atoms with Gasteiger partial charge in [-0.1, -0.05) is 19.8 Å². The molecule has 0 bridgehead atoms. The van der Waals surface area contributed by atoms with Crippen LogP contribution in [0.15, 0.2) is 23.9 Å². The summed E-state index contributed by atoms with van der Waals surface area (Å²) in [4.78, 5) is 31.0. The van der Waals surface area contributed by atoms with Crippen molar-refractivity contribution in [2.45, 2.75) is 65.6 Å². The summed E-state index contributed by atoms with van der Waals surface area (Å²) in [6.45, 7) is 7.77. The van der Waals surface area contributed by atoms with Crippen molar-refractivity contribution in [3.05, 3.63) is 41.2 Å². The zero-order valence-electron chi connectivity index (χ0n) is 28.4. The quantitative estimate of drug-likeness (QED) is 0.0827.